The second-order valence-corrected chi connectivity index (χ2v) is 6.93. The molecule has 0 aromatic heterocycles. The van der Waals surface area contributed by atoms with Crippen LogP contribution in [0, 0.1) is 24.7 Å². The number of carbonyl (C=O) groups is 1. The van der Waals surface area contributed by atoms with E-state index in [9.17, 15) is 4.79 Å². The van der Waals surface area contributed by atoms with Gasteiger partial charge in [-0.2, -0.15) is 0 Å². The minimum absolute atomic E-state index is 0.170. The number of ether oxygens (including phenoxy) is 3. The lowest BCUT2D eigenvalue weighted by Gasteiger charge is -2.25. The Bertz CT molecular complexity index is 636. The highest BCUT2D eigenvalue weighted by Gasteiger charge is 2.42. The number of benzene rings is 1. The van der Waals surface area contributed by atoms with Gasteiger partial charge in [0.2, 0.25) is 0 Å². The van der Waals surface area contributed by atoms with Gasteiger partial charge in [0.1, 0.15) is 11.5 Å². The largest absolute Gasteiger partial charge is 0.493 e. The number of carbonyl (C=O) groups excluding carboxylic acids is 1. The van der Waals surface area contributed by atoms with Gasteiger partial charge in [-0.1, -0.05) is 0 Å². The van der Waals surface area contributed by atoms with Crippen molar-refractivity contribution in [2.75, 3.05) is 13.2 Å². The summed E-state index contributed by atoms with van der Waals surface area (Å²) in [6.07, 6.45) is 8.44. The molecule has 0 aliphatic heterocycles. The minimum atomic E-state index is -1.03. The fourth-order valence-electron chi connectivity index (χ4n) is 2.45. The Kier molecular flexibility index (Phi) is 5.43. The molecule has 1 aliphatic rings. The summed E-state index contributed by atoms with van der Waals surface area (Å²) in [4.78, 5) is 11.9. The zero-order valence-corrected chi connectivity index (χ0v) is 15.0. The van der Waals surface area contributed by atoms with Crippen LogP contribution in [0.2, 0.25) is 0 Å². The standard InChI is InChI=1S/C20H26O4/c1-6-10-20(11-12-20)14-23-16-8-9-17(15(3)13-16)24-19(4,5)18(21)22-7-2/h1,8-9,13H,7,10-12,14H2,2-5H3. The van der Waals surface area contributed by atoms with E-state index in [0.29, 0.717) is 19.0 Å². The van der Waals surface area contributed by atoms with E-state index in [1.165, 1.54) is 0 Å². The molecule has 24 heavy (non-hydrogen) atoms. The zero-order chi connectivity index (χ0) is 17.8. The zero-order valence-electron chi connectivity index (χ0n) is 15.0. The van der Waals surface area contributed by atoms with Gasteiger partial charge in [0.05, 0.1) is 13.2 Å². The fraction of sp³-hybridized carbons (Fsp3) is 0.550. The molecule has 0 amide bonds. The van der Waals surface area contributed by atoms with Gasteiger partial charge >= 0.3 is 5.97 Å². The van der Waals surface area contributed by atoms with E-state index >= 15 is 0 Å². The molecule has 1 saturated carbocycles. The second-order valence-electron chi connectivity index (χ2n) is 6.93. The van der Waals surface area contributed by atoms with E-state index < -0.39 is 5.60 Å². The van der Waals surface area contributed by atoms with E-state index in [1.54, 1.807) is 20.8 Å². The molecule has 1 fully saturated rings. The Morgan fingerprint density at radius 2 is 2.08 bits per heavy atom. The normalized spacial score (nSPS) is 15.3. The third kappa shape index (κ3) is 4.44. The summed E-state index contributed by atoms with van der Waals surface area (Å²) in [6, 6.07) is 5.60. The number of aryl methyl sites for hydroxylation is 1. The molecule has 0 N–H and O–H groups in total. The number of esters is 1. The van der Waals surface area contributed by atoms with Crippen molar-refractivity contribution in [1.82, 2.24) is 0 Å². The van der Waals surface area contributed by atoms with E-state index in [-0.39, 0.29) is 11.4 Å². The molecule has 4 heteroatoms. The van der Waals surface area contributed by atoms with Gasteiger partial charge in [0.15, 0.2) is 5.60 Å². The first-order chi connectivity index (χ1) is 11.3. The number of hydrogen-bond donors (Lipinski definition) is 0. The first-order valence-corrected chi connectivity index (χ1v) is 8.35. The Labute approximate surface area is 144 Å². The summed E-state index contributed by atoms with van der Waals surface area (Å²) < 4.78 is 16.8. The summed E-state index contributed by atoms with van der Waals surface area (Å²) in [5.74, 6) is 3.78. The third-order valence-corrected chi connectivity index (χ3v) is 4.26. The van der Waals surface area contributed by atoms with Crippen molar-refractivity contribution < 1.29 is 19.0 Å². The molecular formula is C20H26O4. The molecule has 0 saturated heterocycles. The molecule has 0 unspecified atom stereocenters. The highest BCUT2D eigenvalue weighted by Crippen LogP contribution is 2.48. The summed E-state index contributed by atoms with van der Waals surface area (Å²) in [5.41, 5.74) is 0.0456. The molecule has 1 aliphatic carbocycles. The Morgan fingerprint density at radius 3 is 2.62 bits per heavy atom. The maximum atomic E-state index is 11.9. The van der Waals surface area contributed by atoms with Crippen molar-refractivity contribution in [2.45, 2.75) is 52.6 Å². The van der Waals surface area contributed by atoms with Crippen LogP contribution in [0.1, 0.15) is 45.6 Å². The molecular weight excluding hydrogens is 304 g/mol. The lowest BCUT2D eigenvalue weighted by Crippen LogP contribution is -2.39. The van der Waals surface area contributed by atoms with Gasteiger partial charge in [0.25, 0.3) is 0 Å². The molecule has 0 atom stereocenters. The predicted octanol–water partition coefficient (Wildman–Crippen LogP) is 3.90. The predicted molar refractivity (Wildman–Crippen MR) is 93.1 cm³/mol. The van der Waals surface area contributed by atoms with Crippen LogP contribution in [-0.4, -0.2) is 24.8 Å². The van der Waals surface area contributed by atoms with Crippen LogP contribution in [0.5, 0.6) is 11.5 Å². The van der Waals surface area contributed by atoms with Crippen molar-refractivity contribution in [3.63, 3.8) is 0 Å². The average Bonchev–Trinajstić information content (AvgIpc) is 3.28. The van der Waals surface area contributed by atoms with Crippen molar-refractivity contribution >= 4 is 5.97 Å². The SMILES string of the molecule is C#CCC1(COc2ccc(OC(C)(C)C(=O)OCC)c(C)c2)CC1. The van der Waals surface area contributed by atoms with Crippen molar-refractivity contribution in [2.24, 2.45) is 5.41 Å². The van der Waals surface area contributed by atoms with Crippen LogP contribution in [0.4, 0.5) is 0 Å². The maximum absolute atomic E-state index is 11.9. The Balaban J connectivity index is 1.99. The number of rotatable bonds is 8. The Morgan fingerprint density at radius 1 is 1.38 bits per heavy atom. The molecule has 4 nitrogen and oxygen atoms in total. The molecule has 0 radical (unpaired) electrons. The van der Waals surface area contributed by atoms with Gasteiger partial charge in [-0.3, -0.25) is 0 Å². The van der Waals surface area contributed by atoms with Crippen LogP contribution in [0.25, 0.3) is 0 Å². The van der Waals surface area contributed by atoms with Crippen LogP contribution >= 0.6 is 0 Å². The summed E-state index contributed by atoms with van der Waals surface area (Å²) in [5, 5.41) is 0. The molecule has 1 aromatic carbocycles. The van der Waals surface area contributed by atoms with E-state index in [4.69, 9.17) is 20.6 Å². The minimum Gasteiger partial charge on any atom is -0.493 e. The lowest BCUT2D eigenvalue weighted by atomic mass is 10.1. The average molecular weight is 330 g/mol. The number of hydrogen-bond acceptors (Lipinski definition) is 4. The lowest BCUT2D eigenvalue weighted by molar-refractivity contribution is -0.158. The number of terminal acetylenes is 1. The molecule has 0 heterocycles. The quantitative estimate of drug-likeness (QED) is 0.536. The van der Waals surface area contributed by atoms with Crippen molar-refractivity contribution in [3.8, 4) is 23.8 Å². The molecule has 130 valence electrons. The summed E-state index contributed by atoms with van der Waals surface area (Å²) in [6.45, 7) is 8.08. The van der Waals surface area contributed by atoms with Crippen LogP contribution in [0.15, 0.2) is 18.2 Å². The van der Waals surface area contributed by atoms with Gasteiger partial charge in [0, 0.05) is 11.8 Å². The first-order valence-electron chi connectivity index (χ1n) is 8.35. The van der Waals surface area contributed by atoms with Crippen molar-refractivity contribution in [1.29, 1.82) is 0 Å². The molecule has 0 spiro atoms. The molecule has 0 bridgehead atoms. The van der Waals surface area contributed by atoms with Crippen molar-refractivity contribution in [3.05, 3.63) is 23.8 Å². The maximum Gasteiger partial charge on any atom is 0.349 e. The highest BCUT2D eigenvalue weighted by molar-refractivity contribution is 5.79. The van der Waals surface area contributed by atoms with Gasteiger partial charge in [-0.25, -0.2) is 4.79 Å². The van der Waals surface area contributed by atoms with Crippen LogP contribution in [-0.2, 0) is 9.53 Å². The first kappa shape index (κ1) is 18.2. The van der Waals surface area contributed by atoms with Gasteiger partial charge in [-0.15, -0.1) is 12.3 Å². The van der Waals surface area contributed by atoms with E-state index in [0.717, 1.165) is 30.6 Å². The highest BCUT2D eigenvalue weighted by atomic mass is 16.6. The van der Waals surface area contributed by atoms with Gasteiger partial charge in [-0.05, 0) is 64.3 Å². The van der Waals surface area contributed by atoms with Crippen LogP contribution in [0.3, 0.4) is 0 Å². The van der Waals surface area contributed by atoms with Crippen LogP contribution < -0.4 is 9.47 Å². The van der Waals surface area contributed by atoms with Gasteiger partial charge < -0.3 is 14.2 Å². The Hall–Kier alpha value is -2.15. The summed E-state index contributed by atoms with van der Waals surface area (Å²) >= 11 is 0. The van der Waals surface area contributed by atoms with E-state index in [1.807, 2.05) is 25.1 Å². The fourth-order valence-corrected chi connectivity index (χ4v) is 2.45. The third-order valence-electron chi connectivity index (χ3n) is 4.26. The molecule has 2 rings (SSSR count). The summed E-state index contributed by atoms with van der Waals surface area (Å²) in [7, 11) is 0. The second kappa shape index (κ2) is 7.17. The monoisotopic (exact) mass is 330 g/mol. The van der Waals surface area contributed by atoms with E-state index in [2.05, 4.69) is 5.92 Å². The topological polar surface area (TPSA) is 44.8 Å². The molecule has 1 aromatic rings. The smallest absolute Gasteiger partial charge is 0.349 e.